The molecule has 5 amide bonds. The fourth-order valence-electron chi connectivity index (χ4n) is 3.57. The molecule has 13 nitrogen and oxygen atoms in total. The number of nitrogens with one attached hydrogen (secondary N) is 3. The van der Waals surface area contributed by atoms with Gasteiger partial charge >= 0.3 is 6.09 Å². The lowest BCUT2D eigenvalue weighted by molar-refractivity contribution is -0.384. The number of carbonyl (C=O) groups excluding carboxylic acids is 5. The summed E-state index contributed by atoms with van der Waals surface area (Å²) in [5.41, 5.74) is -0.347. The van der Waals surface area contributed by atoms with E-state index >= 15 is 0 Å². The van der Waals surface area contributed by atoms with Crippen molar-refractivity contribution in [3.63, 3.8) is 0 Å². The molecule has 1 aliphatic heterocycles. The van der Waals surface area contributed by atoms with Crippen LogP contribution < -0.4 is 16.0 Å². The van der Waals surface area contributed by atoms with Crippen molar-refractivity contribution in [2.45, 2.75) is 39.2 Å². The highest BCUT2D eigenvalue weighted by atomic mass is 16.6. The van der Waals surface area contributed by atoms with E-state index in [0.29, 0.717) is 11.4 Å². The second-order valence-electron chi connectivity index (χ2n) is 9.35. The van der Waals surface area contributed by atoms with E-state index in [9.17, 15) is 34.1 Å². The Morgan fingerprint density at radius 3 is 2.16 bits per heavy atom. The first-order chi connectivity index (χ1) is 17.9. The Kier molecular flexibility index (Phi) is 8.40. The standard InChI is InChI=1S/C25H27N5O8/c1-25(2,3)38-24(35)26-14-21(32)28-19-8-5-4-7-18(19)27-20(31)9-6-12-29-22(33)16-11-10-15(30(36)37)13-17(16)23(29)34/h4-5,7-8,10-11,13H,6,9,12,14H2,1-3H3,(H,26,35)(H,27,31)(H,28,32). The smallest absolute Gasteiger partial charge is 0.408 e. The molecule has 3 rings (SSSR count). The molecule has 0 atom stereocenters. The molecule has 2 aromatic carbocycles. The van der Waals surface area contributed by atoms with Crippen molar-refractivity contribution in [1.82, 2.24) is 10.2 Å². The quantitative estimate of drug-likeness (QED) is 0.254. The molecule has 0 aromatic heterocycles. The summed E-state index contributed by atoms with van der Waals surface area (Å²) >= 11 is 0. The molecule has 0 saturated heterocycles. The van der Waals surface area contributed by atoms with Crippen molar-refractivity contribution in [2.24, 2.45) is 0 Å². The van der Waals surface area contributed by atoms with Crippen molar-refractivity contribution in [3.8, 4) is 0 Å². The van der Waals surface area contributed by atoms with E-state index in [0.717, 1.165) is 17.0 Å². The summed E-state index contributed by atoms with van der Waals surface area (Å²) in [5, 5.41) is 18.6. The van der Waals surface area contributed by atoms with Gasteiger partial charge in [0.25, 0.3) is 17.5 Å². The third-order valence-corrected chi connectivity index (χ3v) is 5.22. The minimum absolute atomic E-state index is 0.0421. The van der Waals surface area contributed by atoms with Crippen LogP contribution in [-0.2, 0) is 14.3 Å². The SMILES string of the molecule is CC(C)(C)OC(=O)NCC(=O)Nc1ccccc1NC(=O)CCCN1C(=O)c2ccc([N+](=O)[O-])cc2C1=O. The summed E-state index contributed by atoms with van der Waals surface area (Å²) in [7, 11) is 0. The highest BCUT2D eigenvalue weighted by Gasteiger charge is 2.36. The topological polar surface area (TPSA) is 177 Å². The average Bonchev–Trinajstić information content (AvgIpc) is 3.07. The van der Waals surface area contributed by atoms with Crippen LogP contribution >= 0.6 is 0 Å². The number of anilines is 2. The minimum atomic E-state index is -0.745. The number of para-hydroxylation sites is 2. The molecule has 1 heterocycles. The summed E-state index contributed by atoms with van der Waals surface area (Å²) in [5.74, 6) is -2.19. The summed E-state index contributed by atoms with van der Waals surface area (Å²) in [6.07, 6.45) is -0.644. The largest absolute Gasteiger partial charge is 0.444 e. The zero-order valence-electron chi connectivity index (χ0n) is 21.0. The van der Waals surface area contributed by atoms with Crippen LogP contribution in [0.1, 0.15) is 54.3 Å². The van der Waals surface area contributed by atoms with Crippen LogP contribution in [0.15, 0.2) is 42.5 Å². The number of ether oxygens (including phenoxy) is 1. The average molecular weight is 526 g/mol. The molecule has 0 bridgehead atoms. The highest BCUT2D eigenvalue weighted by molar-refractivity contribution is 6.21. The molecular formula is C25H27N5O8. The van der Waals surface area contributed by atoms with E-state index in [1.165, 1.54) is 6.07 Å². The number of imide groups is 1. The molecule has 0 radical (unpaired) electrons. The maximum absolute atomic E-state index is 12.6. The third-order valence-electron chi connectivity index (χ3n) is 5.22. The number of hydrogen-bond donors (Lipinski definition) is 3. The third kappa shape index (κ3) is 7.12. The van der Waals surface area contributed by atoms with Gasteiger partial charge in [-0.05, 0) is 45.4 Å². The second kappa shape index (κ2) is 11.5. The summed E-state index contributed by atoms with van der Waals surface area (Å²) < 4.78 is 5.08. The van der Waals surface area contributed by atoms with Crippen LogP contribution in [0.25, 0.3) is 0 Å². The van der Waals surface area contributed by atoms with Crippen molar-refractivity contribution in [1.29, 1.82) is 0 Å². The van der Waals surface area contributed by atoms with Crippen molar-refractivity contribution < 1.29 is 33.6 Å². The monoisotopic (exact) mass is 525 g/mol. The van der Waals surface area contributed by atoms with Gasteiger partial charge < -0.3 is 20.7 Å². The van der Waals surface area contributed by atoms with Crippen molar-refractivity contribution in [2.75, 3.05) is 23.7 Å². The molecule has 200 valence electrons. The van der Waals surface area contributed by atoms with Crippen molar-refractivity contribution >= 4 is 46.8 Å². The van der Waals surface area contributed by atoms with Crippen molar-refractivity contribution in [3.05, 3.63) is 63.7 Å². The molecule has 1 aliphatic rings. The first-order valence-electron chi connectivity index (χ1n) is 11.7. The van der Waals surface area contributed by atoms with Gasteiger partial charge in [0.2, 0.25) is 11.8 Å². The zero-order chi connectivity index (χ0) is 28.0. The molecule has 0 saturated carbocycles. The number of non-ortho nitro benzene ring substituents is 1. The van der Waals surface area contributed by atoms with Gasteiger partial charge in [-0.25, -0.2) is 4.79 Å². The first-order valence-corrected chi connectivity index (χ1v) is 11.7. The predicted octanol–water partition coefficient (Wildman–Crippen LogP) is 3.07. The second-order valence-corrected chi connectivity index (χ2v) is 9.35. The molecule has 0 spiro atoms. The number of amides is 5. The predicted molar refractivity (Wildman–Crippen MR) is 136 cm³/mol. The number of hydrogen-bond acceptors (Lipinski definition) is 8. The Morgan fingerprint density at radius 2 is 1.55 bits per heavy atom. The lowest BCUT2D eigenvalue weighted by atomic mass is 10.1. The lowest BCUT2D eigenvalue weighted by Crippen LogP contribution is -2.37. The highest BCUT2D eigenvalue weighted by Crippen LogP contribution is 2.27. The molecule has 0 fully saturated rings. The number of fused-ring (bicyclic) bond motifs is 1. The number of nitrogens with zero attached hydrogens (tertiary/aromatic N) is 2. The number of benzene rings is 2. The Labute approximate surface area is 217 Å². The van der Waals surface area contributed by atoms with E-state index in [1.807, 2.05) is 0 Å². The zero-order valence-corrected chi connectivity index (χ0v) is 21.0. The summed E-state index contributed by atoms with van der Waals surface area (Å²) in [6, 6.07) is 9.92. The first kappa shape index (κ1) is 27.8. The lowest BCUT2D eigenvalue weighted by Gasteiger charge is -2.19. The van der Waals surface area contributed by atoms with E-state index in [-0.39, 0.29) is 42.7 Å². The molecule has 3 N–H and O–H groups in total. The van der Waals surface area contributed by atoms with Gasteiger partial charge in [0, 0.05) is 25.1 Å². The van der Waals surface area contributed by atoms with Gasteiger partial charge in [0.1, 0.15) is 12.1 Å². The normalized spacial score (nSPS) is 12.6. The number of carbonyl (C=O) groups is 5. The van der Waals surface area contributed by atoms with Gasteiger partial charge in [-0.3, -0.25) is 34.2 Å². The molecule has 0 aliphatic carbocycles. The molecule has 0 unspecified atom stereocenters. The van der Waals surface area contributed by atoms with E-state index in [2.05, 4.69) is 16.0 Å². The maximum Gasteiger partial charge on any atom is 0.408 e. The summed E-state index contributed by atoms with van der Waals surface area (Å²) in [6.45, 7) is 4.68. The molecular weight excluding hydrogens is 498 g/mol. The van der Waals surface area contributed by atoms with E-state index in [1.54, 1.807) is 45.0 Å². The van der Waals surface area contributed by atoms with Gasteiger partial charge in [0.15, 0.2) is 0 Å². The van der Waals surface area contributed by atoms with Gasteiger partial charge in [-0.2, -0.15) is 0 Å². The number of rotatable bonds is 9. The fraction of sp³-hybridized carbons (Fsp3) is 0.320. The van der Waals surface area contributed by atoms with Gasteiger partial charge in [-0.15, -0.1) is 0 Å². The van der Waals surface area contributed by atoms with Crippen LogP contribution in [-0.4, -0.2) is 58.2 Å². The van der Waals surface area contributed by atoms with Crippen LogP contribution in [0, 0.1) is 10.1 Å². The maximum atomic E-state index is 12.6. The molecule has 2 aromatic rings. The van der Waals surface area contributed by atoms with Crippen LogP contribution in [0.5, 0.6) is 0 Å². The minimum Gasteiger partial charge on any atom is -0.444 e. The van der Waals surface area contributed by atoms with Crippen LogP contribution in [0.4, 0.5) is 21.9 Å². The molecule has 13 heteroatoms. The van der Waals surface area contributed by atoms with Gasteiger partial charge in [-0.1, -0.05) is 12.1 Å². The Hall–Kier alpha value is -4.81. The van der Waals surface area contributed by atoms with E-state index in [4.69, 9.17) is 4.74 Å². The van der Waals surface area contributed by atoms with E-state index < -0.39 is 40.2 Å². The number of alkyl carbamates (subject to hydrolysis) is 1. The Morgan fingerprint density at radius 1 is 0.947 bits per heavy atom. The number of nitro groups is 1. The van der Waals surface area contributed by atoms with Crippen LogP contribution in [0.3, 0.4) is 0 Å². The number of nitro benzene ring substituents is 1. The Bertz CT molecular complexity index is 1300. The Balaban J connectivity index is 1.51. The van der Waals surface area contributed by atoms with Gasteiger partial charge in [0.05, 0.1) is 27.4 Å². The van der Waals surface area contributed by atoms with Crippen LogP contribution in [0.2, 0.25) is 0 Å². The summed E-state index contributed by atoms with van der Waals surface area (Å²) in [4.78, 5) is 72.8. The molecule has 38 heavy (non-hydrogen) atoms. The fourth-order valence-corrected chi connectivity index (χ4v) is 3.57.